The molecule has 0 atom stereocenters. The fourth-order valence-electron chi connectivity index (χ4n) is 3.00. The largest absolute Gasteiger partial charge is 0.462 e. The summed E-state index contributed by atoms with van der Waals surface area (Å²) in [6, 6.07) is 16.9. The Morgan fingerprint density at radius 3 is 2.64 bits per heavy atom. The van der Waals surface area contributed by atoms with E-state index in [9.17, 15) is 9.59 Å². The molecule has 0 spiro atoms. The van der Waals surface area contributed by atoms with Crippen LogP contribution in [0.15, 0.2) is 64.4 Å². The fraction of sp³-hybridized carbons (Fsp3) is 0.190. The lowest BCUT2D eigenvalue weighted by Crippen LogP contribution is -2.42. The van der Waals surface area contributed by atoms with Gasteiger partial charge in [0, 0.05) is 5.69 Å². The van der Waals surface area contributed by atoms with Gasteiger partial charge in [-0.15, -0.1) is 0 Å². The van der Waals surface area contributed by atoms with E-state index in [0.29, 0.717) is 30.0 Å². The van der Waals surface area contributed by atoms with Gasteiger partial charge in [0.2, 0.25) is 0 Å². The smallest absolute Gasteiger partial charge is 0.338 e. The molecule has 1 aliphatic heterocycles. The van der Waals surface area contributed by atoms with Gasteiger partial charge < -0.3 is 9.64 Å². The molecule has 0 unspecified atom stereocenters. The molecule has 28 heavy (non-hydrogen) atoms. The Bertz CT molecular complexity index is 1160. The molecular formula is C21H19N3O3S. The SMILES string of the molecule is CCOC(=O)c1ccc(N2CN=c3s/c(=C/c4ccccc4)c(=O)n3C2)cc1. The molecule has 0 saturated carbocycles. The zero-order valence-corrected chi connectivity index (χ0v) is 16.2. The van der Waals surface area contributed by atoms with Crippen LogP contribution in [0.2, 0.25) is 0 Å². The molecule has 142 valence electrons. The minimum absolute atomic E-state index is 0.0413. The minimum Gasteiger partial charge on any atom is -0.462 e. The molecule has 4 rings (SSSR count). The normalized spacial score (nSPS) is 13.8. The third-order valence-electron chi connectivity index (χ3n) is 4.42. The van der Waals surface area contributed by atoms with Crippen molar-refractivity contribution >= 4 is 29.1 Å². The maximum absolute atomic E-state index is 12.8. The first-order valence-corrected chi connectivity index (χ1v) is 9.80. The first kappa shape index (κ1) is 18.2. The Hall–Kier alpha value is -3.19. The summed E-state index contributed by atoms with van der Waals surface area (Å²) in [5, 5.41) is 0. The van der Waals surface area contributed by atoms with Crippen LogP contribution in [0.25, 0.3) is 6.08 Å². The highest BCUT2D eigenvalue weighted by Crippen LogP contribution is 2.17. The first-order valence-electron chi connectivity index (χ1n) is 8.99. The van der Waals surface area contributed by atoms with Crippen molar-refractivity contribution in [3.63, 3.8) is 0 Å². The number of anilines is 1. The number of carbonyl (C=O) groups excluding carboxylic acids is 1. The molecule has 7 heteroatoms. The summed E-state index contributed by atoms with van der Waals surface area (Å²) in [5.41, 5.74) is 2.35. The summed E-state index contributed by atoms with van der Waals surface area (Å²) in [6.45, 7) is 3.01. The molecule has 6 nitrogen and oxygen atoms in total. The Kier molecular flexibility index (Phi) is 5.08. The molecule has 2 heterocycles. The first-order chi connectivity index (χ1) is 13.7. The average Bonchev–Trinajstić information content (AvgIpc) is 3.04. The summed E-state index contributed by atoms with van der Waals surface area (Å²) in [5.74, 6) is -0.338. The number of ether oxygens (including phenoxy) is 1. The van der Waals surface area contributed by atoms with E-state index in [2.05, 4.69) is 4.99 Å². The molecule has 2 aromatic carbocycles. The lowest BCUT2D eigenvalue weighted by atomic mass is 10.2. The number of hydrogen-bond donors (Lipinski definition) is 0. The highest BCUT2D eigenvalue weighted by atomic mass is 32.1. The molecule has 3 aromatic rings. The summed E-state index contributed by atoms with van der Waals surface area (Å²) in [7, 11) is 0. The topological polar surface area (TPSA) is 63.9 Å². The van der Waals surface area contributed by atoms with Crippen molar-refractivity contribution < 1.29 is 9.53 Å². The Morgan fingerprint density at radius 1 is 1.18 bits per heavy atom. The van der Waals surface area contributed by atoms with Gasteiger partial charge in [-0.1, -0.05) is 41.7 Å². The molecule has 0 radical (unpaired) electrons. The second kappa shape index (κ2) is 7.82. The number of nitrogens with zero attached hydrogens (tertiary/aromatic N) is 3. The van der Waals surface area contributed by atoms with Crippen LogP contribution >= 0.6 is 11.3 Å². The average molecular weight is 393 g/mol. The number of hydrogen-bond acceptors (Lipinski definition) is 6. The van der Waals surface area contributed by atoms with Gasteiger partial charge in [0.1, 0.15) is 13.3 Å². The standard InChI is InChI=1S/C21H19N3O3S/c1-2-27-20(26)16-8-10-17(11-9-16)23-13-22-21-24(14-23)19(25)18(28-21)12-15-6-4-3-5-7-15/h3-12H,2,13-14H2,1H3/b18-12+. The molecule has 0 saturated heterocycles. The van der Waals surface area contributed by atoms with E-state index in [4.69, 9.17) is 4.74 Å². The predicted octanol–water partition coefficient (Wildman–Crippen LogP) is 1.97. The monoisotopic (exact) mass is 393 g/mol. The van der Waals surface area contributed by atoms with Crippen LogP contribution in [0.5, 0.6) is 0 Å². The van der Waals surface area contributed by atoms with E-state index in [1.165, 1.54) is 11.3 Å². The van der Waals surface area contributed by atoms with Crippen LogP contribution < -0.4 is 19.8 Å². The van der Waals surface area contributed by atoms with Crippen LogP contribution in [-0.2, 0) is 11.4 Å². The Labute approximate surface area is 165 Å². The highest BCUT2D eigenvalue weighted by molar-refractivity contribution is 7.07. The lowest BCUT2D eigenvalue weighted by Gasteiger charge is -2.25. The van der Waals surface area contributed by atoms with Gasteiger partial charge in [0.25, 0.3) is 5.56 Å². The Morgan fingerprint density at radius 2 is 1.93 bits per heavy atom. The second-order valence-electron chi connectivity index (χ2n) is 6.29. The molecular weight excluding hydrogens is 374 g/mol. The van der Waals surface area contributed by atoms with Gasteiger partial charge in [-0.05, 0) is 42.8 Å². The molecule has 0 amide bonds. The van der Waals surface area contributed by atoms with Crippen molar-refractivity contribution in [1.29, 1.82) is 0 Å². The van der Waals surface area contributed by atoms with Crippen molar-refractivity contribution in [2.75, 3.05) is 18.2 Å². The third kappa shape index (κ3) is 3.61. The number of rotatable bonds is 4. The Balaban J connectivity index is 1.60. The van der Waals surface area contributed by atoms with E-state index in [1.54, 1.807) is 23.6 Å². The van der Waals surface area contributed by atoms with Crippen LogP contribution in [0.1, 0.15) is 22.8 Å². The second-order valence-corrected chi connectivity index (χ2v) is 7.29. The number of benzene rings is 2. The van der Waals surface area contributed by atoms with Crippen molar-refractivity contribution in [1.82, 2.24) is 4.57 Å². The van der Waals surface area contributed by atoms with Crippen molar-refractivity contribution in [3.05, 3.63) is 85.4 Å². The van der Waals surface area contributed by atoms with E-state index in [-0.39, 0.29) is 11.5 Å². The number of fused-ring (bicyclic) bond motifs is 1. The predicted molar refractivity (Wildman–Crippen MR) is 109 cm³/mol. The third-order valence-corrected chi connectivity index (χ3v) is 5.46. The van der Waals surface area contributed by atoms with Gasteiger partial charge in [0.15, 0.2) is 4.80 Å². The van der Waals surface area contributed by atoms with Crippen LogP contribution in [0.4, 0.5) is 5.69 Å². The summed E-state index contributed by atoms with van der Waals surface area (Å²) >= 11 is 1.41. The molecule has 0 bridgehead atoms. The maximum atomic E-state index is 12.8. The zero-order valence-electron chi connectivity index (χ0n) is 15.4. The van der Waals surface area contributed by atoms with E-state index < -0.39 is 0 Å². The van der Waals surface area contributed by atoms with Gasteiger partial charge >= 0.3 is 5.97 Å². The van der Waals surface area contributed by atoms with Gasteiger partial charge in [-0.2, -0.15) is 0 Å². The lowest BCUT2D eigenvalue weighted by molar-refractivity contribution is 0.0526. The van der Waals surface area contributed by atoms with Crippen LogP contribution in [-0.4, -0.2) is 23.8 Å². The van der Waals surface area contributed by atoms with Crippen LogP contribution in [0.3, 0.4) is 0 Å². The zero-order chi connectivity index (χ0) is 19.5. The molecule has 0 N–H and O–H groups in total. The molecule has 0 aliphatic carbocycles. The van der Waals surface area contributed by atoms with Crippen molar-refractivity contribution in [3.8, 4) is 0 Å². The maximum Gasteiger partial charge on any atom is 0.338 e. The van der Waals surface area contributed by atoms with Gasteiger partial charge in [-0.3, -0.25) is 9.36 Å². The van der Waals surface area contributed by atoms with Crippen molar-refractivity contribution in [2.45, 2.75) is 13.6 Å². The summed E-state index contributed by atoms with van der Waals surface area (Å²) in [4.78, 5) is 31.9. The number of aromatic nitrogens is 1. The van der Waals surface area contributed by atoms with E-state index in [0.717, 1.165) is 16.1 Å². The van der Waals surface area contributed by atoms with Crippen LogP contribution in [0, 0.1) is 0 Å². The summed E-state index contributed by atoms with van der Waals surface area (Å²) in [6.07, 6.45) is 1.90. The van der Waals surface area contributed by atoms with E-state index in [1.807, 2.05) is 53.4 Å². The fourth-order valence-corrected chi connectivity index (χ4v) is 3.96. The minimum atomic E-state index is -0.338. The molecule has 1 aromatic heterocycles. The van der Waals surface area contributed by atoms with E-state index >= 15 is 0 Å². The number of thiazole rings is 1. The molecule has 1 aliphatic rings. The molecule has 0 fully saturated rings. The highest BCUT2D eigenvalue weighted by Gasteiger charge is 2.16. The van der Waals surface area contributed by atoms with Gasteiger partial charge in [-0.25, -0.2) is 9.79 Å². The summed E-state index contributed by atoms with van der Waals surface area (Å²) < 4.78 is 7.36. The number of esters is 1. The quantitative estimate of drug-likeness (QED) is 0.636. The number of carbonyl (C=O) groups is 1. The van der Waals surface area contributed by atoms with Gasteiger partial charge in [0.05, 0.1) is 16.7 Å². The van der Waals surface area contributed by atoms with Crippen molar-refractivity contribution in [2.24, 2.45) is 4.99 Å².